The lowest BCUT2D eigenvalue weighted by atomic mass is 9.97. The minimum Gasteiger partial charge on any atom is -0.495 e. The predicted molar refractivity (Wildman–Crippen MR) is 119 cm³/mol. The smallest absolute Gasteiger partial charge is 0.250 e. The van der Waals surface area contributed by atoms with E-state index in [0.717, 1.165) is 53.2 Å². The van der Waals surface area contributed by atoms with Gasteiger partial charge >= 0.3 is 0 Å². The molecular weight excluding hydrogens is 374 g/mol. The van der Waals surface area contributed by atoms with Crippen LogP contribution in [0.4, 0.5) is 0 Å². The van der Waals surface area contributed by atoms with Crippen LogP contribution in [0.2, 0.25) is 0 Å². The normalized spacial score (nSPS) is 16.7. The molecule has 1 fully saturated rings. The number of hydrogen-bond donors (Lipinski definition) is 0. The standard InChI is InChI=1S/C25H27N3O2/c1-18-16-27(17-26-18)23-12-11-20(15-24(23)30-3)14-22-10-7-13-28(25(22)29)19(2)21-8-5-4-6-9-21/h4-6,8-9,11-12,14-17,19H,7,10,13H2,1-3H3/t19-/m0/s1. The van der Waals surface area contributed by atoms with Crippen molar-refractivity contribution >= 4 is 12.0 Å². The molecule has 0 radical (unpaired) electrons. The fourth-order valence-corrected chi connectivity index (χ4v) is 4.00. The number of carbonyl (C=O) groups is 1. The monoisotopic (exact) mass is 401 g/mol. The Labute approximate surface area is 177 Å². The number of likely N-dealkylation sites (tertiary alicyclic amines) is 1. The summed E-state index contributed by atoms with van der Waals surface area (Å²) < 4.78 is 7.55. The molecule has 2 heterocycles. The predicted octanol–water partition coefficient (Wildman–Crippen LogP) is 4.96. The third-order valence-corrected chi connectivity index (χ3v) is 5.66. The Balaban J connectivity index is 1.60. The fraction of sp³-hybridized carbons (Fsp3) is 0.280. The second kappa shape index (κ2) is 8.57. The van der Waals surface area contributed by atoms with Crippen molar-refractivity contribution < 1.29 is 9.53 Å². The summed E-state index contributed by atoms with van der Waals surface area (Å²) in [4.78, 5) is 19.5. The van der Waals surface area contributed by atoms with Crippen LogP contribution >= 0.6 is 0 Å². The largest absolute Gasteiger partial charge is 0.495 e. The van der Waals surface area contributed by atoms with Gasteiger partial charge < -0.3 is 14.2 Å². The van der Waals surface area contributed by atoms with Crippen LogP contribution in [0.5, 0.6) is 5.75 Å². The van der Waals surface area contributed by atoms with Gasteiger partial charge in [0.25, 0.3) is 0 Å². The van der Waals surface area contributed by atoms with Crippen molar-refractivity contribution in [1.29, 1.82) is 0 Å². The van der Waals surface area contributed by atoms with Crippen LogP contribution in [0.1, 0.15) is 42.6 Å². The van der Waals surface area contributed by atoms with Gasteiger partial charge in [0.2, 0.25) is 5.91 Å². The molecule has 1 aliphatic heterocycles. The molecule has 2 aromatic carbocycles. The number of aromatic nitrogens is 2. The lowest BCUT2D eigenvalue weighted by Gasteiger charge is -2.34. The van der Waals surface area contributed by atoms with E-state index in [-0.39, 0.29) is 11.9 Å². The van der Waals surface area contributed by atoms with Gasteiger partial charge in [0.15, 0.2) is 0 Å². The highest BCUT2D eigenvalue weighted by Gasteiger charge is 2.27. The molecule has 30 heavy (non-hydrogen) atoms. The number of aryl methyl sites for hydroxylation is 1. The molecule has 0 aliphatic carbocycles. The quantitative estimate of drug-likeness (QED) is 0.568. The topological polar surface area (TPSA) is 47.4 Å². The molecular formula is C25H27N3O2. The summed E-state index contributed by atoms with van der Waals surface area (Å²) in [5, 5.41) is 0. The van der Waals surface area contributed by atoms with Gasteiger partial charge in [0.1, 0.15) is 5.75 Å². The molecule has 0 unspecified atom stereocenters. The van der Waals surface area contributed by atoms with E-state index in [1.165, 1.54) is 0 Å². The Morgan fingerprint density at radius 2 is 1.97 bits per heavy atom. The summed E-state index contributed by atoms with van der Waals surface area (Å²) in [7, 11) is 1.66. The zero-order valence-electron chi connectivity index (χ0n) is 17.7. The van der Waals surface area contributed by atoms with Crippen molar-refractivity contribution in [2.24, 2.45) is 0 Å². The van der Waals surface area contributed by atoms with Crippen LogP contribution in [0.25, 0.3) is 11.8 Å². The van der Waals surface area contributed by atoms with Crippen molar-refractivity contribution in [3.63, 3.8) is 0 Å². The van der Waals surface area contributed by atoms with Crippen molar-refractivity contribution in [1.82, 2.24) is 14.5 Å². The van der Waals surface area contributed by atoms with E-state index < -0.39 is 0 Å². The van der Waals surface area contributed by atoms with Crippen LogP contribution in [0.3, 0.4) is 0 Å². The van der Waals surface area contributed by atoms with E-state index in [2.05, 4.69) is 24.0 Å². The van der Waals surface area contributed by atoms with Crippen molar-refractivity contribution in [3.05, 3.63) is 83.4 Å². The molecule has 1 aromatic heterocycles. The molecule has 1 aliphatic rings. The number of imidazole rings is 1. The number of benzene rings is 2. The molecule has 4 rings (SSSR count). The zero-order valence-corrected chi connectivity index (χ0v) is 17.7. The van der Waals surface area contributed by atoms with Crippen LogP contribution < -0.4 is 4.74 Å². The van der Waals surface area contributed by atoms with E-state index in [1.54, 1.807) is 13.4 Å². The summed E-state index contributed by atoms with van der Waals surface area (Å²) >= 11 is 0. The first kappa shape index (κ1) is 20.0. The highest BCUT2D eigenvalue weighted by atomic mass is 16.5. The SMILES string of the molecule is COc1cc(C=C2CCCN([C@@H](C)c3ccccc3)C2=O)ccc1-n1cnc(C)c1. The van der Waals surface area contributed by atoms with Crippen molar-refractivity contribution in [3.8, 4) is 11.4 Å². The number of rotatable bonds is 5. The van der Waals surface area contributed by atoms with Crippen LogP contribution in [-0.4, -0.2) is 34.0 Å². The number of piperidine rings is 1. The number of methoxy groups -OCH3 is 1. The van der Waals surface area contributed by atoms with Gasteiger partial charge in [0, 0.05) is 18.3 Å². The highest BCUT2D eigenvalue weighted by Crippen LogP contribution is 2.30. The molecule has 154 valence electrons. The maximum atomic E-state index is 13.2. The van der Waals surface area contributed by atoms with E-state index in [9.17, 15) is 4.79 Å². The molecule has 5 nitrogen and oxygen atoms in total. The molecule has 3 aromatic rings. The maximum Gasteiger partial charge on any atom is 0.250 e. The Morgan fingerprint density at radius 1 is 1.17 bits per heavy atom. The van der Waals surface area contributed by atoms with Gasteiger partial charge in [-0.25, -0.2) is 4.98 Å². The van der Waals surface area contributed by atoms with Gasteiger partial charge in [-0.05, 0) is 56.0 Å². The van der Waals surface area contributed by atoms with E-state index in [0.29, 0.717) is 0 Å². The molecule has 5 heteroatoms. The molecule has 0 N–H and O–H groups in total. The Bertz CT molecular complexity index is 1070. The maximum absolute atomic E-state index is 13.2. The molecule has 1 saturated heterocycles. The minimum atomic E-state index is 0.0591. The number of hydrogen-bond acceptors (Lipinski definition) is 3. The van der Waals surface area contributed by atoms with E-state index >= 15 is 0 Å². The van der Waals surface area contributed by atoms with Gasteiger partial charge in [0.05, 0.1) is 30.9 Å². The van der Waals surface area contributed by atoms with Crippen LogP contribution in [0, 0.1) is 6.92 Å². The van der Waals surface area contributed by atoms with Crippen molar-refractivity contribution in [2.45, 2.75) is 32.7 Å². The van der Waals surface area contributed by atoms with E-state index in [4.69, 9.17) is 4.74 Å². The van der Waals surface area contributed by atoms with Gasteiger partial charge in [-0.2, -0.15) is 0 Å². The molecule has 1 atom stereocenters. The van der Waals surface area contributed by atoms with Crippen LogP contribution in [-0.2, 0) is 4.79 Å². The number of carbonyl (C=O) groups excluding carboxylic acids is 1. The summed E-state index contributed by atoms with van der Waals surface area (Å²) in [6, 6.07) is 16.3. The summed E-state index contributed by atoms with van der Waals surface area (Å²) in [6.45, 7) is 4.84. The average Bonchev–Trinajstić information content (AvgIpc) is 3.21. The number of nitrogens with zero attached hydrogens (tertiary/aromatic N) is 3. The first-order chi connectivity index (χ1) is 14.6. The first-order valence-corrected chi connectivity index (χ1v) is 10.3. The summed E-state index contributed by atoms with van der Waals surface area (Å²) in [5.74, 6) is 0.866. The van der Waals surface area contributed by atoms with Crippen molar-refractivity contribution in [2.75, 3.05) is 13.7 Å². The Morgan fingerprint density at radius 3 is 2.67 bits per heavy atom. The number of amides is 1. The molecule has 0 bridgehead atoms. The zero-order chi connectivity index (χ0) is 21.1. The second-order valence-electron chi connectivity index (χ2n) is 7.71. The molecule has 0 spiro atoms. The van der Waals surface area contributed by atoms with Gasteiger partial charge in [-0.3, -0.25) is 4.79 Å². The van der Waals surface area contributed by atoms with Crippen LogP contribution in [0.15, 0.2) is 66.6 Å². The van der Waals surface area contributed by atoms with E-state index in [1.807, 2.05) is 65.1 Å². The summed E-state index contributed by atoms with van der Waals surface area (Å²) in [5.41, 5.74) is 4.84. The Hall–Kier alpha value is -3.34. The second-order valence-corrected chi connectivity index (χ2v) is 7.71. The third-order valence-electron chi connectivity index (χ3n) is 5.66. The Kier molecular flexibility index (Phi) is 5.70. The summed E-state index contributed by atoms with van der Waals surface area (Å²) in [6.07, 6.45) is 7.50. The first-order valence-electron chi connectivity index (χ1n) is 10.3. The number of ether oxygens (including phenoxy) is 1. The fourth-order valence-electron chi connectivity index (χ4n) is 4.00. The average molecular weight is 402 g/mol. The third kappa shape index (κ3) is 4.01. The van der Waals surface area contributed by atoms with Gasteiger partial charge in [-0.15, -0.1) is 0 Å². The molecule has 1 amide bonds. The highest BCUT2D eigenvalue weighted by molar-refractivity contribution is 5.98. The van der Waals surface area contributed by atoms with Gasteiger partial charge in [-0.1, -0.05) is 36.4 Å². The lowest BCUT2D eigenvalue weighted by Crippen LogP contribution is -2.38. The minimum absolute atomic E-state index is 0.0591. The molecule has 0 saturated carbocycles. The lowest BCUT2D eigenvalue weighted by molar-refractivity contribution is -0.130.